The lowest BCUT2D eigenvalue weighted by atomic mass is 9.74. The van der Waals surface area contributed by atoms with Crippen LogP contribution in [0.25, 0.3) is 0 Å². The van der Waals surface area contributed by atoms with E-state index in [-0.39, 0.29) is 42.0 Å². The molecule has 12 heteroatoms. The van der Waals surface area contributed by atoms with Gasteiger partial charge in [0, 0.05) is 19.6 Å². The van der Waals surface area contributed by atoms with Crippen LogP contribution in [0.5, 0.6) is 0 Å². The predicted molar refractivity (Wildman–Crippen MR) is 142 cm³/mol. The summed E-state index contributed by atoms with van der Waals surface area (Å²) >= 11 is 0. The lowest BCUT2D eigenvalue weighted by molar-refractivity contribution is -0.735. The number of alkyl halides is 3. The van der Waals surface area contributed by atoms with Gasteiger partial charge in [0.25, 0.3) is 0 Å². The molecule has 4 atom stereocenters. The van der Waals surface area contributed by atoms with Crippen molar-refractivity contribution in [2.75, 3.05) is 19.6 Å². The van der Waals surface area contributed by atoms with Crippen molar-refractivity contribution in [3.63, 3.8) is 0 Å². The molecule has 1 N–H and O–H groups in total. The third-order valence-electron chi connectivity index (χ3n) is 8.60. The molecular formula is C28H34F3N4O4S+. The lowest BCUT2D eigenvalue weighted by Gasteiger charge is -2.39. The molecule has 3 aliphatic rings. The van der Waals surface area contributed by atoms with Crippen LogP contribution in [-0.2, 0) is 27.1 Å². The lowest BCUT2D eigenvalue weighted by Crippen LogP contribution is -2.49. The zero-order chi connectivity index (χ0) is 28.5. The summed E-state index contributed by atoms with van der Waals surface area (Å²) in [6.07, 6.45) is -2.85. The number of sulfonamides is 1. The summed E-state index contributed by atoms with van der Waals surface area (Å²) in [4.78, 5) is 26.0. The highest BCUT2D eigenvalue weighted by Gasteiger charge is 2.70. The van der Waals surface area contributed by atoms with Gasteiger partial charge in [0.15, 0.2) is 0 Å². The fraction of sp³-hybridized carbons (Fsp3) is 0.536. The van der Waals surface area contributed by atoms with Crippen LogP contribution >= 0.6 is 0 Å². The van der Waals surface area contributed by atoms with Gasteiger partial charge < -0.3 is 5.32 Å². The Bertz CT molecular complexity index is 1300. The average Bonchev–Trinajstić information content (AvgIpc) is 3.25. The molecule has 3 saturated heterocycles. The number of amides is 1. The first-order chi connectivity index (χ1) is 19.0. The first-order valence-electron chi connectivity index (χ1n) is 13.7. The van der Waals surface area contributed by atoms with E-state index in [1.807, 2.05) is 6.07 Å². The van der Waals surface area contributed by atoms with E-state index >= 15 is 0 Å². The van der Waals surface area contributed by atoms with Crippen LogP contribution in [0.2, 0.25) is 0 Å². The number of nitrogens with one attached hydrogen (secondary N) is 1. The highest BCUT2D eigenvalue weighted by atomic mass is 32.2. The van der Waals surface area contributed by atoms with E-state index in [0.29, 0.717) is 32.4 Å². The maximum absolute atomic E-state index is 14.1. The first-order valence-corrected chi connectivity index (χ1v) is 15.3. The molecule has 2 aromatic rings. The van der Waals surface area contributed by atoms with Crippen LogP contribution in [0.3, 0.4) is 0 Å². The van der Waals surface area contributed by atoms with E-state index in [2.05, 4.69) is 5.32 Å². The van der Waals surface area contributed by atoms with Crippen molar-refractivity contribution in [3.05, 3.63) is 76.7 Å². The molecule has 0 spiro atoms. The molecule has 3 aliphatic heterocycles. The van der Waals surface area contributed by atoms with Gasteiger partial charge in [-0.3, -0.25) is 4.79 Å². The Morgan fingerprint density at radius 1 is 0.900 bits per heavy atom. The summed E-state index contributed by atoms with van der Waals surface area (Å²) in [6, 6.07) is 14.6. The molecule has 0 bridgehead atoms. The number of rotatable bonds is 7. The van der Waals surface area contributed by atoms with Crippen molar-refractivity contribution in [2.24, 2.45) is 17.8 Å². The molecule has 8 nitrogen and oxygen atoms in total. The van der Waals surface area contributed by atoms with Gasteiger partial charge in [0.05, 0.1) is 17.2 Å². The molecule has 216 valence electrons. The van der Waals surface area contributed by atoms with Gasteiger partial charge in [-0.1, -0.05) is 60.7 Å². The number of nitroso groups, excluding NO2 is 1. The van der Waals surface area contributed by atoms with Gasteiger partial charge in [0.1, 0.15) is 16.8 Å². The number of hydrazine groups is 1. The highest BCUT2D eigenvalue weighted by molar-refractivity contribution is 7.88. The van der Waals surface area contributed by atoms with Gasteiger partial charge in [0.2, 0.25) is 15.9 Å². The molecule has 0 aliphatic carbocycles. The number of piperidine rings is 2. The van der Waals surface area contributed by atoms with Gasteiger partial charge in [-0.05, 0) is 48.6 Å². The number of carbonyl (C=O) groups is 1. The van der Waals surface area contributed by atoms with Crippen LogP contribution in [0, 0.1) is 22.7 Å². The van der Waals surface area contributed by atoms with Crippen LogP contribution in [0.4, 0.5) is 13.2 Å². The molecule has 2 aromatic carbocycles. The third-order valence-corrected chi connectivity index (χ3v) is 10.5. The molecule has 0 saturated carbocycles. The number of halogens is 3. The normalized spacial score (nSPS) is 26.5. The molecule has 40 heavy (non-hydrogen) atoms. The molecule has 3 fully saturated rings. The van der Waals surface area contributed by atoms with E-state index in [1.54, 1.807) is 54.6 Å². The highest BCUT2D eigenvalue weighted by Crippen LogP contribution is 2.45. The Morgan fingerprint density at radius 2 is 1.48 bits per heavy atom. The van der Waals surface area contributed by atoms with Gasteiger partial charge in [-0.2, -0.15) is 13.2 Å². The average molecular weight is 580 g/mol. The summed E-state index contributed by atoms with van der Waals surface area (Å²) in [5.41, 5.74) is 1.47. The van der Waals surface area contributed by atoms with E-state index in [9.17, 15) is 31.3 Å². The summed E-state index contributed by atoms with van der Waals surface area (Å²) in [5, 5.41) is 3.81. The second-order valence-corrected chi connectivity index (χ2v) is 13.0. The summed E-state index contributed by atoms with van der Waals surface area (Å²) in [7, 11) is -3.49. The van der Waals surface area contributed by atoms with E-state index in [4.69, 9.17) is 0 Å². The fourth-order valence-corrected chi connectivity index (χ4v) is 8.14. The summed E-state index contributed by atoms with van der Waals surface area (Å²) < 4.78 is 69.7. The molecular weight excluding hydrogens is 545 g/mol. The topological polar surface area (TPSA) is 89.8 Å². The Balaban J connectivity index is 1.25. The quantitative estimate of drug-likeness (QED) is 0.503. The number of benzene rings is 2. The monoisotopic (exact) mass is 579 g/mol. The Kier molecular flexibility index (Phi) is 8.19. The van der Waals surface area contributed by atoms with Crippen molar-refractivity contribution in [3.8, 4) is 0 Å². The largest absolute Gasteiger partial charge is 0.460 e. The second kappa shape index (κ2) is 11.5. The van der Waals surface area contributed by atoms with Crippen molar-refractivity contribution >= 4 is 15.9 Å². The van der Waals surface area contributed by atoms with Crippen molar-refractivity contribution < 1.29 is 31.3 Å². The first kappa shape index (κ1) is 28.5. The van der Waals surface area contributed by atoms with Crippen LogP contribution in [-0.4, -0.2) is 66.4 Å². The molecule has 0 radical (unpaired) electrons. The summed E-state index contributed by atoms with van der Waals surface area (Å²) in [5.74, 6) is -2.28. The minimum absolute atomic E-state index is 0.00466. The number of fused-ring (bicyclic) bond motifs is 1. The standard InChI is InChI=1S/C28H33F3N4O4S/c29-28(30,31)26-25(27(36)32-18-20-7-3-1-4-8-20)24-17-23(13-16-34(24)35(26)37)22-11-14-33(15-12-22)40(38,39)19-21-9-5-2-6-10-21/h1-10,22-26H,11-19H2/p+1. The second-order valence-electron chi connectivity index (χ2n) is 11.0. The summed E-state index contributed by atoms with van der Waals surface area (Å²) in [6.45, 7) is 0.918. The molecule has 4 unspecified atom stereocenters. The fourth-order valence-electron chi connectivity index (χ4n) is 6.58. The maximum atomic E-state index is 14.1. The minimum Gasteiger partial charge on any atom is -0.351 e. The van der Waals surface area contributed by atoms with Gasteiger partial charge in [-0.15, -0.1) is 5.01 Å². The number of hydrogen-bond donors (Lipinski definition) is 1. The zero-order valence-electron chi connectivity index (χ0n) is 22.0. The van der Waals surface area contributed by atoms with E-state index in [1.165, 1.54) is 9.31 Å². The van der Waals surface area contributed by atoms with Crippen molar-refractivity contribution in [1.82, 2.24) is 14.6 Å². The smallest absolute Gasteiger partial charge is 0.351 e. The Morgan fingerprint density at radius 3 is 2.08 bits per heavy atom. The zero-order valence-corrected chi connectivity index (χ0v) is 22.9. The SMILES string of the molecule is O=C(NCc1ccccc1)C1C2CC(C3CCN(S(=O)(=O)Cc4ccccc4)CC3)CCN2[N+](=O)C1C(F)(F)F. The molecule has 1 amide bonds. The Labute approximate surface area is 232 Å². The van der Waals surface area contributed by atoms with E-state index < -0.39 is 40.1 Å². The maximum Gasteiger partial charge on any atom is 0.460 e. The van der Waals surface area contributed by atoms with Gasteiger partial charge in [-0.25, -0.2) is 12.7 Å². The molecule has 3 heterocycles. The number of nitrogens with zero attached hydrogens (tertiary/aromatic N) is 3. The van der Waals surface area contributed by atoms with E-state index in [0.717, 1.165) is 11.1 Å². The third kappa shape index (κ3) is 6.02. The number of carbonyl (C=O) groups excluding carboxylic acids is 1. The molecule has 5 rings (SSSR count). The van der Waals surface area contributed by atoms with Crippen LogP contribution in [0.1, 0.15) is 36.8 Å². The molecule has 0 aromatic heterocycles. The van der Waals surface area contributed by atoms with Crippen LogP contribution < -0.4 is 5.32 Å². The Hall–Kier alpha value is -2.99. The van der Waals surface area contributed by atoms with Crippen LogP contribution in [0.15, 0.2) is 60.7 Å². The van der Waals surface area contributed by atoms with Crippen molar-refractivity contribution in [1.29, 1.82) is 0 Å². The van der Waals surface area contributed by atoms with Gasteiger partial charge >= 0.3 is 12.2 Å². The number of hydrogen-bond acceptors (Lipinski definition) is 4. The predicted octanol–water partition coefficient (Wildman–Crippen LogP) is 3.88. The van der Waals surface area contributed by atoms with Crippen molar-refractivity contribution in [2.45, 2.75) is 56.2 Å². The minimum atomic E-state index is -4.86.